The van der Waals surface area contributed by atoms with Crippen LogP contribution in [0.15, 0.2) is 29.0 Å². The van der Waals surface area contributed by atoms with E-state index in [0.717, 1.165) is 19.4 Å². The Bertz CT molecular complexity index is 331. The van der Waals surface area contributed by atoms with Crippen molar-refractivity contribution in [2.45, 2.75) is 38.8 Å². The Balaban J connectivity index is 2.22. The van der Waals surface area contributed by atoms with Crippen LogP contribution in [0.5, 0.6) is 0 Å². The van der Waals surface area contributed by atoms with E-state index in [9.17, 15) is 5.11 Å². The Morgan fingerprint density at radius 1 is 1.47 bits per heavy atom. The molecule has 0 saturated heterocycles. The van der Waals surface area contributed by atoms with Crippen LogP contribution in [-0.4, -0.2) is 34.5 Å². The van der Waals surface area contributed by atoms with Crippen molar-refractivity contribution in [3.8, 4) is 0 Å². The van der Waals surface area contributed by atoms with Crippen molar-refractivity contribution in [3.05, 3.63) is 24.0 Å². The van der Waals surface area contributed by atoms with E-state index < -0.39 is 0 Å². The number of fused-ring (bicyclic) bond motifs is 1. The molecule has 0 aromatic carbocycles. The van der Waals surface area contributed by atoms with Gasteiger partial charge >= 0.3 is 0 Å². The Kier molecular flexibility index (Phi) is 2.80. The number of aliphatic imine (C=N–C) groups is 1. The molecule has 3 heteroatoms. The minimum Gasteiger partial charge on any atom is -0.508 e. The highest BCUT2D eigenvalue weighted by Crippen LogP contribution is 2.25. The van der Waals surface area contributed by atoms with Gasteiger partial charge in [0.1, 0.15) is 5.76 Å². The molecule has 0 bridgehead atoms. The lowest BCUT2D eigenvalue weighted by atomic mass is 10.0. The maximum Gasteiger partial charge on any atom is 0.113 e. The van der Waals surface area contributed by atoms with Crippen LogP contribution in [0, 0.1) is 0 Å². The number of amidine groups is 1. The molecule has 2 aliphatic rings. The van der Waals surface area contributed by atoms with Gasteiger partial charge in [0.15, 0.2) is 0 Å². The zero-order valence-electron chi connectivity index (χ0n) is 9.35. The van der Waals surface area contributed by atoms with Crippen LogP contribution < -0.4 is 0 Å². The first-order valence-corrected chi connectivity index (χ1v) is 5.68. The first kappa shape index (κ1) is 10.3. The second-order valence-corrected chi connectivity index (χ2v) is 4.02. The molecule has 0 fully saturated rings. The highest BCUT2D eigenvalue weighted by atomic mass is 16.3. The summed E-state index contributed by atoms with van der Waals surface area (Å²) in [5.41, 5.74) is 0. The molecule has 0 saturated carbocycles. The van der Waals surface area contributed by atoms with Gasteiger partial charge in [-0.3, -0.25) is 4.99 Å². The van der Waals surface area contributed by atoms with Crippen LogP contribution in [0.1, 0.15) is 26.7 Å². The van der Waals surface area contributed by atoms with Gasteiger partial charge in [0.2, 0.25) is 0 Å². The quantitative estimate of drug-likeness (QED) is 0.769. The van der Waals surface area contributed by atoms with Crippen LogP contribution in [0.2, 0.25) is 0 Å². The van der Waals surface area contributed by atoms with Gasteiger partial charge in [-0.15, -0.1) is 0 Å². The molecule has 1 heterocycles. The second-order valence-electron chi connectivity index (χ2n) is 4.02. The number of hydrogen-bond donors (Lipinski definition) is 1. The zero-order chi connectivity index (χ0) is 10.8. The van der Waals surface area contributed by atoms with Crippen molar-refractivity contribution in [1.29, 1.82) is 0 Å². The topological polar surface area (TPSA) is 35.8 Å². The monoisotopic (exact) mass is 206 g/mol. The predicted molar refractivity (Wildman–Crippen MR) is 62.2 cm³/mol. The number of rotatable bonds is 3. The van der Waals surface area contributed by atoms with E-state index >= 15 is 0 Å². The maximum absolute atomic E-state index is 9.50. The fraction of sp³-hybridized carbons (Fsp3) is 0.583. The third-order valence-electron chi connectivity index (χ3n) is 2.93. The molecule has 2 atom stereocenters. The molecule has 15 heavy (non-hydrogen) atoms. The SMILES string of the molecule is CCCN1C(CC)=NC2C=CC(O)=CC21. The summed E-state index contributed by atoms with van der Waals surface area (Å²) in [5, 5.41) is 9.50. The van der Waals surface area contributed by atoms with Crippen LogP contribution in [0.4, 0.5) is 0 Å². The lowest BCUT2D eigenvalue weighted by Gasteiger charge is -2.28. The molecular formula is C12H18N2O. The van der Waals surface area contributed by atoms with E-state index in [1.165, 1.54) is 5.84 Å². The molecule has 1 N–H and O–H groups in total. The molecule has 1 aliphatic carbocycles. The fourth-order valence-electron chi connectivity index (χ4n) is 2.27. The van der Waals surface area contributed by atoms with Crippen molar-refractivity contribution in [1.82, 2.24) is 4.90 Å². The van der Waals surface area contributed by atoms with Gasteiger partial charge in [-0.1, -0.05) is 19.9 Å². The molecule has 0 radical (unpaired) electrons. The lowest BCUT2D eigenvalue weighted by Crippen LogP contribution is -2.39. The van der Waals surface area contributed by atoms with E-state index in [2.05, 4.69) is 23.7 Å². The molecule has 0 aromatic heterocycles. The smallest absolute Gasteiger partial charge is 0.113 e. The minimum absolute atomic E-state index is 0.211. The van der Waals surface area contributed by atoms with Gasteiger partial charge in [0.05, 0.1) is 17.9 Å². The van der Waals surface area contributed by atoms with Crippen LogP contribution >= 0.6 is 0 Å². The summed E-state index contributed by atoms with van der Waals surface area (Å²) in [7, 11) is 0. The zero-order valence-corrected chi connectivity index (χ0v) is 9.35. The van der Waals surface area contributed by atoms with E-state index in [4.69, 9.17) is 0 Å². The number of aliphatic hydroxyl groups excluding tert-OH is 1. The maximum atomic E-state index is 9.50. The standard InChI is InChI=1S/C12H18N2O/c1-3-7-14-11-8-9(15)5-6-10(11)13-12(14)4-2/h5-6,8,10-11,15H,3-4,7H2,1-2H3. The van der Waals surface area contributed by atoms with Crippen molar-refractivity contribution in [3.63, 3.8) is 0 Å². The van der Waals surface area contributed by atoms with Gasteiger partial charge in [-0.05, 0) is 18.6 Å². The van der Waals surface area contributed by atoms with E-state index in [0.29, 0.717) is 5.76 Å². The average molecular weight is 206 g/mol. The average Bonchev–Trinajstić information content (AvgIpc) is 2.57. The third kappa shape index (κ3) is 1.78. The van der Waals surface area contributed by atoms with E-state index in [-0.39, 0.29) is 12.1 Å². The molecule has 2 unspecified atom stereocenters. The first-order chi connectivity index (χ1) is 7.26. The largest absolute Gasteiger partial charge is 0.508 e. The van der Waals surface area contributed by atoms with Crippen molar-refractivity contribution in [2.75, 3.05) is 6.54 Å². The molecule has 3 nitrogen and oxygen atoms in total. The molecule has 2 rings (SSSR count). The van der Waals surface area contributed by atoms with Crippen LogP contribution in [0.25, 0.3) is 0 Å². The lowest BCUT2D eigenvalue weighted by molar-refractivity contribution is 0.345. The molecule has 0 spiro atoms. The number of aliphatic hydroxyl groups is 1. The summed E-state index contributed by atoms with van der Waals surface area (Å²) in [6.07, 6.45) is 7.72. The number of hydrogen-bond acceptors (Lipinski definition) is 3. The van der Waals surface area contributed by atoms with Crippen molar-refractivity contribution in [2.24, 2.45) is 4.99 Å². The number of allylic oxidation sites excluding steroid dienone is 1. The minimum atomic E-state index is 0.211. The molecular weight excluding hydrogens is 188 g/mol. The highest BCUT2D eigenvalue weighted by Gasteiger charge is 2.33. The van der Waals surface area contributed by atoms with E-state index in [1.807, 2.05) is 12.2 Å². The van der Waals surface area contributed by atoms with Gasteiger partial charge < -0.3 is 10.0 Å². The van der Waals surface area contributed by atoms with Crippen molar-refractivity contribution >= 4 is 5.84 Å². The molecule has 0 amide bonds. The summed E-state index contributed by atoms with van der Waals surface area (Å²) < 4.78 is 0. The molecule has 82 valence electrons. The van der Waals surface area contributed by atoms with Crippen LogP contribution in [-0.2, 0) is 0 Å². The Morgan fingerprint density at radius 2 is 2.27 bits per heavy atom. The van der Waals surface area contributed by atoms with E-state index in [1.54, 1.807) is 6.08 Å². The third-order valence-corrected chi connectivity index (χ3v) is 2.93. The summed E-state index contributed by atoms with van der Waals surface area (Å²) in [6.45, 7) is 5.32. The Morgan fingerprint density at radius 3 is 2.93 bits per heavy atom. The highest BCUT2D eigenvalue weighted by molar-refractivity contribution is 5.85. The summed E-state index contributed by atoms with van der Waals surface area (Å²) in [6, 6.07) is 0.451. The predicted octanol–water partition coefficient (Wildman–Crippen LogP) is 2.27. The fourth-order valence-corrected chi connectivity index (χ4v) is 2.27. The Labute approximate surface area is 90.8 Å². The van der Waals surface area contributed by atoms with Gasteiger partial charge in [-0.25, -0.2) is 0 Å². The first-order valence-electron chi connectivity index (χ1n) is 5.68. The van der Waals surface area contributed by atoms with Gasteiger partial charge in [0.25, 0.3) is 0 Å². The summed E-state index contributed by atoms with van der Waals surface area (Å²) in [4.78, 5) is 6.97. The second kappa shape index (κ2) is 4.09. The number of nitrogens with zero attached hydrogens (tertiary/aromatic N) is 2. The van der Waals surface area contributed by atoms with Gasteiger partial charge in [-0.2, -0.15) is 0 Å². The summed E-state index contributed by atoms with van der Waals surface area (Å²) >= 11 is 0. The van der Waals surface area contributed by atoms with Crippen molar-refractivity contribution < 1.29 is 5.11 Å². The molecule has 0 aromatic rings. The molecule has 1 aliphatic heterocycles. The Hall–Kier alpha value is -1.25. The van der Waals surface area contributed by atoms with Crippen LogP contribution in [0.3, 0.4) is 0 Å². The normalized spacial score (nSPS) is 28.8. The van der Waals surface area contributed by atoms with Gasteiger partial charge in [0, 0.05) is 13.0 Å². The summed E-state index contributed by atoms with van der Waals surface area (Å²) in [5.74, 6) is 1.53.